The highest BCUT2D eigenvalue weighted by atomic mass is 16.6. The molecule has 2 heterocycles. The second kappa shape index (κ2) is 15.4. The van der Waals surface area contributed by atoms with Crippen LogP contribution in [0.5, 0.6) is 0 Å². The molecule has 2 aliphatic heterocycles. The van der Waals surface area contributed by atoms with Crippen LogP contribution in [-0.4, -0.2) is 106 Å². The van der Waals surface area contributed by atoms with Crippen LogP contribution in [0.1, 0.15) is 54.4 Å². The SMILES string of the molecule is CC(C)(C)OC(=O)N[C@@H]1CNCC[C@@H]1O.CC(C)(C)OC(=O)N[C@@H]1CNCC[C@@H]1O.O=C(O)C(=O)O. The van der Waals surface area contributed by atoms with E-state index in [1.165, 1.54) is 0 Å². The minimum absolute atomic E-state index is 0.256. The molecule has 8 N–H and O–H groups in total. The first kappa shape index (κ1) is 33.3. The van der Waals surface area contributed by atoms with E-state index in [1.807, 2.05) is 41.5 Å². The van der Waals surface area contributed by atoms with E-state index in [4.69, 9.17) is 29.3 Å². The zero-order valence-electron chi connectivity index (χ0n) is 21.8. The Balaban J connectivity index is 0.000000558. The molecular formula is C22H42N4O10. The van der Waals surface area contributed by atoms with Crippen LogP contribution in [0.4, 0.5) is 9.59 Å². The summed E-state index contributed by atoms with van der Waals surface area (Å²) in [4.78, 5) is 41.0. The minimum atomic E-state index is -1.82. The topological polar surface area (TPSA) is 216 Å². The van der Waals surface area contributed by atoms with Gasteiger partial charge in [-0.3, -0.25) is 0 Å². The number of amides is 2. The maximum Gasteiger partial charge on any atom is 0.414 e. The van der Waals surface area contributed by atoms with E-state index in [0.29, 0.717) is 25.9 Å². The number of carbonyl (C=O) groups excluding carboxylic acids is 2. The molecule has 2 fully saturated rings. The molecule has 2 amide bonds. The Morgan fingerprint density at radius 1 is 0.694 bits per heavy atom. The van der Waals surface area contributed by atoms with Crippen molar-refractivity contribution in [2.24, 2.45) is 0 Å². The summed E-state index contributed by atoms with van der Waals surface area (Å²) >= 11 is 0. The summed E-state index contributed by atoms with van der Waals surface area (Å²) in [6.45, 7) is 13.6. The summed E-state index contributed by atoms with van der Waals surface area (Å²) in [5.74, 6) is -3.65. The van der Waals surface area contributed by atoms with Gasteiger partial charge in [-0.1, -0.05) is 0 Å². The smallest absolute Gasteiger partial charge is 0.414 e. The molecule has 36 heavy (non-hydrogen) atoms. The first-order chi connectivity index (χ1) is 16.4. The molecule has 0 aliphatic carbocycles. The van der Waals surface area contributed by atoms with Crippen LogP contribution in [0.2, 0.25) is 0 Å². The molecule has 14 nitrogen and oxygen atoms in total. The number of ether oxygens (including phenoxy) is 2. The third kappa shape index (κ3) is 16.9. The number of carbonyl (C=O) groups is 4. The van der Waals surface area contributed by atoms with Gasteiger partial charge >= 0.3 is 24.1 Å². The number of aliphatic hydroxyl groups excluding tert-OH is 2. The van der Waals surface area contributed by atoms with Crippen LogP contribution in [0.3, 0.4) is 0 Å². The number of nitrogens with one attached hydrogen (secondary N) is 4. The standard InChI is InChI=1S/2C10H20N2O3.C2H2O4/c2*1-10(2,3)15-9(14)12-7-6-11-5-4-8(7)13;3-1(4)2(5)6/h2*7-8,11,13H,4-6H2,1-3H3,(H,12,14);(H,3,4)(H,5,6)/t2*7-,8+;/m11./s1. The van der Waals surface area contributed by atoms with Gasteiger partial charge in [-0.25, -0.2) is 19.2 Å². The Hall–Kier alpha value is -2.68. The van der Waals surface area contributed by atoms with Crippen molar-refractivity contribution in [2.75, 3.05) is 26.2 Å². The first-order valence-electron chi connectivity index (χ1n) is 11.6. The molecule has 0 spiro atoms. The van der Waals surface area contributed by atoms with Gasteiger partial charge in [0.2, 0.25) is 0 Å². The molecule has 2 rings (SSSR count). The normalized spacial score (nSPS) is 23.9. The second-order valence-electron chi connectivity index (χ2n) is 10.2. The lowest BCUT2D eigenvalue weighted by molar-refractivity contribution is -0.159. The molecule has 0 aromatic heterocycles. The van der Waals surface area contributed by atoms with Gasteiger partial charge in [0, 0.05) is 13.1 Å². The molecule has 4 atom stereocenters. The van der Waals surface area contributed by atoms with E-state index in [-0.39, 0.29) is 12.1 Å². The number of carboxylic acid groups (broad SMARTS) is 2. The van der Waals surface area contributed by atoms with E-state index in [1.54, 1.807) is 0 Å². The van der Waals surface area contributed by atoms with Gasteiger partial charge in [-0.15, -0.1) is 0 Å². The molecule has 0 bridgehead atoms. The average Bonchev–Trinajstić information content (AvgIpc) is 2.69. The maximum atomic E-state index is 11.4. The van der Waals surface area contributed by atoms with Crippen LogP contribution in [-0.2, 0) is 19.1 Å². The Morgan fingerprint density at radius 2 is 1.00 bits per heavy atom. The van der Waals surface area contributed by atoms with Gasteiger partial charge in [-0.05, 0) is 67.5 Å². The fraction of sp³-hybridized carbons (Fsp3) is 0.818. The third-order valence-corrected chi connectivity index (χ3v) is 4.48. The van der Waals surface area contributed by atoms with E-state index >= 15 is 0 Å². The van der Waals surface area contributed by atoms with E-state index in [9.17, 15) is 19.8 Å². The monoisotopic (exact) mass is 522 g/mol. The summed E-state index contributed by atoms with van der Waals surface area (Å²) in [7, 11) is 0. The van der Waals surface area contributed by atoms with Gasteiger partial charge in [0.05, 0.1) is 24.3 Å². The molecule has 0 saturated carbocycles. The lowest BCUT2D eigenvalue weighted by atomic mass is 10.0. The second-order valence-corrected chi connectivity index (χ2v) is 10.2. The summed E-state index contributed by atoms with van der Waals surface area (Å²) in [5, 5.41) is 45.5. The molecule has 0 unspecified atom stereocenters. The molecule has 14 heteroatoms. The number of piperidine rings is 2. The van der Waals surface area contributed by atoms with Gasteiger partial charge in [0.25, 0.3) is 0 Å². The van der Waals surface area contributed by atoms with Crippen molar-refractivity contribution < 1.29 is 49.1 Å². The van der Waals surface area contributed by atoms with Crippen molar-refractivity contribution in [1.82, 2.24) is 21.3 Å². The highest BCUT2D eigenvalue weighted by molar-refractivity contribution is 6.27. The van der Waals surface area contributed by atoms with Crippen LogP contribution in [0, 0.1) is 0 Å². The largest absolute Gasteiger partial charge is 0.473 e. The summed E-state index contributed by atoms with van der Waals surface area (Å²) in [6.07, 6.45) is -0.621. The summed E-state index contributed by atoms with van der Waals surface area (Å²) in [5.41, 5.74) is -1.01. The Labute approximate surface area is 211 Å². The van der Waals surface area contributed by atoms with E-state index in [2.05, 4.69) is 21.3 Å². The highest BCUT2D eigenvalue weighted by Gasteiger charge is 2.27. The van der Waals surface area contributed by atoms with Crippen LogP contribution in [0.15, 0.2) is 0 Å². The first-order valence-corrected chi connectivity index (χ1v) is 11.6. The number of aliphatic carboxylic acids is 2. The fourth-order valence-electron chi connectivity index (χ4n) is 2.90. The van der Waals surface area contributed by atoms with Gasteiger partial charge in [0.1, 0.15) is 11.2 Å². The lowest BCUT2D eigenvalue weighted by Gasteiger charge is -2.30. The van der Waals surface area contributed by atoms with Crippen LogP contribution in [0.25, 0.3) is 0 Å². The molecule has 0 aromatic rings. The van der Waals surface area contributed by atoms with Gasteiger partial charge in [-0.2, -0.15) is 0 Å². The highest BCUT2D eigenvalue weighted by Crippen LogP contribution is 2.10. The quantitative estimate of drug-likeness (QED) is 0.218. The van der Waals surface area contributed by atoms with Crippen LogP contribution >= 0.6 is 0 Å². The van der Waals surface area contributed by atoms with Crippen molar-refractivity contribution in [3.63, 3.8) is 0 Å². The Kier molecular flexibility index (Phi) is 14.3. The van der Waals surface area contributed by atoms with E-state index < -0.39 is 47.5 Å². The number of alkyl carbamates (subject to hydrolysis) is 2. The fourth-order valence-corrected chi connectivity index (χ4v) is 2.90. The number of rotatable bonds is 2. The van der Waals surface area contributed by atoms with Crippen molar-refractivity contribution >= 4 is 24.1 Å². The van der Waals surface area contributed by atoms with Gasteiger partial charge < -0.3 is 51.2 Å². The number of aliphatic hydroxyl groups is 2. The molecule has 0 radical (unpaired) electrons. The lowest BCUT2D eigenvalue weighted by Crippen LogP contribution is -2.54. The molecule has 2 saturated heterocycles. The van der Waals surface area contributed by atoms with Gasteiger partial charge in [0.15, 0.2) is 0 Å². The zero-order chi connectivity index (χ0) is 28.1. The molecular weight excluding hydrogens is 480 g/mol. The van der Waals surface area contributed by atoms with Crippen molar-refractivity contribution in [3.8, 4) is 0 Å². The Bertz CT molecular complexity index is 661. The average molecular weight is 523 g/mol. The number of hydrogen-bond donors (Lipinski definition) is 8. The predicted molar refractivity (Wildman–Crippen MR) is 129 cm³/mol. The molecule has 2 aliphatic rings. The number of carboxylic acids is 2. The van der Waals surface area contributed by atoms with Crippen molar-refractivity contribution in [3.05, 3.63) is 0 Å². The summed E-state index contributed by atoms with van der Waals surface area (Å²) in [6, 6.07) is -0.512. The van der Waals surface area contributed by atoms with E-state index in [0.717, 1.165) is 13.1 Å². The molecule has 0 aromatic carbocycles. The van der Waals surface area contributed by atoms with Crippen molar-refractivity contribution in [1.29, 1.82) is 0 Å². The maximum absolute atomic E-state index is 11.4. The number of hydrogen-bond acceptors (Lipinski definition) is 10. The predicted octanol–water partition coefficient (Wildman–Crippen LogP) is -0.377. The third-order valence-electron chi connectivity index (χ3n) is 4.48. The zero-order valence-corrected chi connectivity index (χ0v) is 21.8. The van der Waals surface area contributed by atoms with Crippen LogP contribution < -0.4 is 21.3 Å². The Morgan fingerprint density at radius 3 is 1.22 bits per heavy atom. The van der Waals surface area contributed by atoms with Crippen molar-refractivity contribution in [2.45, 2.75) is 89.9 Å². The minimum Gasteiger partial charge on any atom is -0.473 e. The summed E-state index contributed by atoms with van der Waals surface area (Å²) < 4.78 is 10.2. The molecule has 210 valence electrons.